The van der Waals surface area contributed by atoms with Gasteiger partial charge in [0.25, 0.3) is 11.8 Å². The van der Waals surface area contributed by atoms with Gasteiger partial charge in [-0.1, -0.05) is 51.1 Å². The Labute approximate surface area is 187 Å². The van der Waals surface area contributed by atoms with Crippen molar-refractivity contribution in [2.24, 2.45) is 0 Å². The number of fused-ring (bicyclic) bond motifs is 1. The molecule has 0 bridgehead atoms. The van der Waals surface area contributed by atoms with Gasteiger partial charge in [-0.25, -0.2) is 0 Å². The quantitative estimate of drug-likeness (QED) is 0.351. The van der Waals surface area contributed by atoms with Crippen molar-refractivity contribution in [1.82, 2.24) is 9.88 Å². The van der Waals surface area contributed by atoms with Crippen molar-refractivity contribution < 1.29 is 9.59 Å². The lowest BCUT2D eigenvalue weighted by Crippen LogP contribution is -2.54. The number of hydrogen-bond donors (Lipinski definition) is 1. The molecule has 0 saturated carbocycles. The smallest absolute Gasteiger partial charge is 0.270 e. The number of thiocarbonyl (C=S) groups is 1. The van der Waals surface area contributed by atoms with Crippen LogP contribution in [0.3, 0.4) is 0 Å². The van der Waals surface area contributed by atoms with Crippen molar-refractivity contribution in [1.29, 1.82) is 0 Å². The van der Waals surface area contributed by atoms with Crippen molar-refractivity contribution in [2.45, 2.75) is 39.7 Å². The number of nitrogens with zero attached hydrogens (tertiary/aromatic N) is 2. The Bertz CT molecular complexity index is 1210. The molecule has 1 fully saturated rings. The Morgan fingerprint density at radius 2 is 1.77 bits per heavy atom. The Balaban J connectivity index is 1.75. The van der Waals surface area contributed by atoms with Gasteiger partial charge in [0, 0.05) is 29.2 Å². The number of carbonyl (C=O) groups is 2. The van der Waals surface area contributed by atoms with E-state index in [1.165, 1.54) is 10.5 Å². The highest BCUT2D eigenvalue weighted by molar-refractivity contribution is 7.80. The summed E-state index contributed by atoms with van der Waals surface area (Å²) >= 11 is 5.32. The molecule has 1 aliphatic rings. The first-order valence-corrected chi connectivity index (χ1v) is 10.9. The molecule has 0 atom stereocenters. The highest BCUT2D eigenvalue weighted by atomic mass is 32.1. The standard InChI is InChI=1S/C25H25N3O2S/c1-4-13-27-15-18(20-7-5-6-8-22(20)27)14-21-23(29)26-25(31)28(24(21)30)19-11-9-17(10-12-19)16(2)3/h5-12,14-16H,4,13H2,1-3H3,(H,26,29,31). The normalized spacial score (nSPS) is 15.9. The van der Waals surface area contributed by atoms with Crippen LogP contribution in [0.25, 0.3) is 17.0 Å². The van der Waals surface area contributed by atoms with Gasteiger partial charge < -0.3 is 4.57 Å². The maximum Gasteiger partial charge on any atom is 0.270 e. The molecule has 3 aromatic rings. The minimum atomic E-state index is -0.475. The molecule has 0 radical (unpaired) electrons. The van der Waals surface area contributed by atoms with Gasteiger partial charge in [-0.05, 0) is 54.4 Å². The second kappa shape index (κ2) is 8.47. The molecular weight excluding hydrogens is 406 g/mol. The molecule has 2 heterocycles. The highest BCUT2D eigenvalue weighted by Gasteiger charge is 2.34. The van der Waals surface area contributed by atoms with E-state index < -0.39 is 11.8 Å². The lowest BCUT2D eigenvalue weighted by molar-refractivity contribution is -0.122. The average molecular weight is 432 g/mol. The van der Waals surface area contributed by atoms with Crippen LogP contribution >= 0.6 is 12.2 Å². The summed E-state index contributed by atoms with van der Waals surface area (Å²) in [5.74, 6) is -0.510. The Morgan fingerprint density at radius 3 is 2.45 bits per heavy atom. The van der Waals surface area contributed by atoms with Gasteiger partial charge in [-0.2, -0.15) is 0 Å². The molecule has 158 valence electrons. The minimum Gasteiger partial charge on any atom is -0.347 e. The second-order valence-electron chi connectivity index (χ2n) is 8.00. The third-order valence-electron chi connectivity index (χ3n) is 5.50. The zero-order chi connectivity index (χ0) is 22.1. The molecule has 1 saturated heterocycles. The van der Waals surface area contributed by atoms with Crippen molar-refractivity contribution in [3.8, 4) is 0 Å². The monoisotopic (exact) mass is 431 g/mol. The largest absolute Gasteiger partial charge is 0.347 e. The SMILES string of the molecule is CCCn1cc(C=C2C(=O)NC(=S)N(c3ccc(C(C)C)cc3)C2=O)c2ccccc21. The molecule has 1 N–H and O–H groups in total. The number of amides is 2. The third kappa shape index (κ3) is 3.91. The Hall–Kier alpha value is -3.25. The molecule has 1 aromatic heterocycles. The number of rotatable bonds is 5. The van der Waals surface area contributed by atoms with Crippen LogP contribution in [0, 0.1) is 0 Å². The Kier molecular flexibility index (Phi) is 5.74. The average Bonchev–Trinajstić information content (AvgIpc) is 3.09. The molecule has 4 rings (SSSR count). The summed E-state index contributed by atoms with van der Waals surface area (Å²) in [5, 5.41) is 3.77. The minimum absolute atomic E-state index is 0.0703. The molecule has 0 aliphatic carbocycles. The molecule has 2 aromatic carbocycles. The van der Waals surface area contributed by atoms with Crippen molar-refractivity contribution in [3.63, 3.8) is 0 Å². The predicted octanol–water partition coefficient (Wildman–Crippen LogP) is 5.01. The molecule has 1 aliphatic heterocycles. The fourth-order valence-electron chi connectivity index (χ4n) is 3.87. The van der Waals surface area contributed by atoms with Gasteiger partial charge in [0.1, 0.15) is 5.57 Å². The Morgan fingerprint density at radius 1 is 1.06 bits per heavy atom. The third-order valence-corrected chi connectivity index (χ3v) is 5.79. The number of benzene rings is 2. The number of anilines is 1. The molecular formula is C25H25N3O2S. The first-order valence-electron chi connectivity index (χ1n) is 10.5. The van der Waals surface area contributed by atoms with Gasteiger partial charge in [0.05, 0.1) is 5.69 Å². The number of aryl methyl sites for hydroxylation is 1. The van der Waals surface area contributed by atoms with Crippen molar-refractivity contribution >= 4 is 51.8 Å². The van der Waals surface area contributed by atoms with Gasteiger partial charge in [0.15, 0.2) is 5.11 Å². The van der Waals surface area contributed by atoms with Crippen LogP contribution < -0.4 is 10.2 Å². The maximum absolute atomic E-state index is 13.3. The van der Waals surface area contributed by atoms with Crippen LogP contribution in [0.4, 0.5) is 5.69 Å². The van der Waals surface area contributed by atoms with Crippen LogP contribution in [0.1, 0.15) is 44.2 Å². The first kappa shape index (κ1) is 21.0. The number of aromatic nitrogens is 1. The summed E-state index contributed by atoms with van der Waals surface area (Å²) in [7, 11) is 0. The topological polar surface area (TPSA) is 54.3 Å². The molecule has 2 amide bonds. The lowest BCUT2D eigenvalue weighted by atomic mass is 10.0. The van der Waals surface area contributed by atoms with Crippen molar-refractivity contribution in [2.75, 3.05) is 4.90 Å². The molecule has 0 unspecified atom stereocenters. The van der Waals surface area contributed by atoms with E-state index in [1.807, 2.05) is 54.7 Å². The summed E-state index contributed by atoms with van der Waals surface area (Å²) in [6.07, 6.45) is 4.66. The molecule has 0 spiro atoms. The number of nitrogens with one attached hydrogen (secondary N) is 1. The fourth-order valence-corrected chi connectivity index (χ4v) is 4.15. The summed E-state index contributed by atoms with van der Waals surface area (Å²) in [4.78, 5) is 27.4. The maximum atomic E-state index is 13.3. The van der Waals surface area contributed by atoms with E-state index in [0.717, 1.165) is 29.4 Å². The molecule has 6 heteroatoms. The highest BCUT2D eigenvalue weighted by Crippen LogP contribution is 2.27. The summed E-state index contributed by atoms with van der Waals surface area (Å²) in [6, 6.07) is 15.7. The van der Waals surface area contributed by atoms with Gasteiger partial charge >= 0.3 is 0 Å². The molecule has 31 heavy (non-hydrogen) atoms. The number of hydrogen-bond acceptors (Lipinski definition) is 3. The van der Waals surface area contributed by atoms with Crippen LogP contribution in [0.5, 0.6) is 0 Å². The van der Waals surface area contributed by atoms with E-state index in [-0.39, 0.29) is 10.7 Å². The van der Waals surface area contributed by atoms with E-state index in [1.54, 1.807) is 6.08 Å². The van der Waals surface area contributed by atoms with Gasteiger partial charge in [-0.15, -0.1) is 0 Å². The van der Waals surface area contributed by atoms with Gasteiger partial charge in [-0.3, -0.25) is 19.8 Å². The van der Waals surface area contributed by atoms with Crippen molar-refractivity contribution in [3.05, 3.63) is 71.4 Å². The first-order chi connectivity index (χ1) is 14.9. The fraction of sp³-hybridized carbons (Fsp3) is 0.240. The van der Waals surface area contributed by atoms with Crippen LogP contribution in [0.2, 0.25) is 0 Å². The summed E-state index contributed by atoms with van der Waals surface area (Å²) in [6.45, 7) is 7.21. The lowest BCUT2D eigenvalue weighted by Gasteiger charge is -2.29. The molecule has 5 nitrogen and oxygen atoms in total. The number of para-hydroxylation sites is 1. The van der Waals surface area contributed by atoms with Gasteiger partial charge in [0.2, 0.25) is 0 Å². The van der Waals surface area contributed by atoms with Crippen LogP contribution in [0.15, 0.2) is 60.3 Å². The number of carbonyl (C=O) groups excluding carboxylic acids is 2. The predicted molar refractivity (Wildman–Crippen MR) is 129 cm³/mol. The zero-order valence-corrected chi connectivity index (χ0v) is 18.7. The van der Waals surface area contributed by atoms with E-state index in [4.69, 9.17) is 12.2 Å². The summed E-state index contributed by atoms with van der Waals surface area (Å²) in [5.41, 5.74) is 3.80. The summed E-state index contributed by atoms with van der Waals surface area (Å²) < 4.78 is 2.15. The van der Waals surface area contributed by atoms with Crippen LogP contribution in [-0.2, 0) is 16.1 Å². The second-order valence-corrected chi connectivity index (χ2v) is 8.39. The van der Waals surface area contributed by atoms with E-state index in [9.17, 15) is 9.59 Å². The van der Waals surface area contributed by atoms with E-state index in [2.05, 4.69) is 30.7 Å². The zero-order valence-electron chi connectivity index (χ0n) is 17.9. The van der Waals surface area contributed by atoms with E-state index >= 15 is 0 Å². The van der Waals surface area contributed by atoms with Crippen LogP contribution in [-0.4, -0.2) is 21.5 Å². The van der Waals surface area contributed by atoms with E-state index in [0.29, 0.717) is 11.6 Å².